The molecule has 0 aromatic rings. The minimum Gasteiger partial charge on any atom is -0.481 e. The second kappa shape index (κ2) is 6.50. The van der Waals surface area contributed by atoms with E-state index in [2.05, 4.69) is 0 Å². The molecular weight excluding hydrogens is 188 g/mol. The molecule has 0 saturated heterocycles. The molecule has 82 valence electrons. The molecule has 0 aliphatic carbocycles. The van der Waals surface area contributed by atoms with Gasteiger partial charge >= 0.3 is 5.97 Å². The van der Waals surface area contributed by atoms with Crippen molar-refractivity contribution >= 4 is 11.8 Å². The summed E-state index contributed by atoms with van der Waals surface area (Å²) in [4.78, 5) is 21.2. The summed E-state index contributed by atoms with van der Waals surface area (Å²) in [5, 5.41) is 17.6. The van der Waals surface area contributed by atoms with Gasteiger partial charge in [0.25, 0.3) is 0 Å². The molecule has 0 radical (unpaired) electrons. The summed E-state index contributed by atoms with van der Waals surface area (Å²) < 4.78 is 4.99. The molecule has 2 unspecified atom stereocenters. The summed E-state index contributed by atoms with van der Waals surface area (Å²) in [6.07, 6.45) is -1.44. The third-order valence-corrected chi connectivity index (χ3v) is 1.77. The number of ether oxygens (including phenoxy) is 1. The normalized spacial score (nSPS) is 14.8. The molecule has 0 rings (SSSR count). The lowest BCUT2D eigenvalue weighted by atomic mass is 10.2. The molecule has 0 fully saturated rings. The lowest BCUT2D eigenvalue weighted by Crippen LogP contribution is -2.28. The van der Waals surface area contributed by atoms with Crippen molar-refractivity contribution in [1.29, 1.82) is 0 Å². The van der Waals surface area contributed by atoms with Crippen LogP contribution in [-0.4, -0.2) is 40.8 Å². The zero-order valence-corrected chi connectivity index (χ0v) is 8.40. The van der Waals surface area contributed by atoms with Crippen LogP contribution in [0.2, 0.25) is 0 Å². The Labute approximate surface area is 82.7 Å². The summed E-state index contributed by atoms with van der Waals surface area (Å²) in [5.74, 6) is -1.42. The standard InChI is InChI=1S/C9H16O5/c1-3-7(11)5-14-8(6(2)10)4-9(12)13/h7-8,11H,3-5H2,1-2H3,(H,12,13). The fraction of sp³-hybridized carbons (Fsp3) is 0.778. The average Bonchev–Trinajstić information content (AvgIpc) is 2.10. The Balaban J connectivity index is 3.97. The molecule has 0 spiro atoms. The predicted octanol–water partition coefficient (Wildman–Crippen LogP) is 0.206. The third kappa shape index (κ3) is 5.66. The van der Waals surface area contributed by atoms with Crippen LogP contribution < -0.4 is 0 Å². The number of Topliss-reactive ketones (excluding diaryl/α,β-unsaturated/α-hetero) is 1. The Kier molecular flexibility index (Phi) is 6.07. The first kappa shape index (κ1) is 13.1. The van der Waals surface area contributed by atoms with E-state index in [0.29, 0.717) is 6.42 Å². The number of carboxylic acid groups (broad SMARTS) is 1. The molecule has 14 heavy (non-hydrogen) atoms. The summed E-state index contributed by atoms with van der Waals surface area (Å²) in [6.45, 7) is 3.04. The van der Waals surface area contributed by atoms with Crippen LogP contribution in [-0.2, 0) is 14.3 Å². The van der Waals surface area contributed by atoms with Crippen molar-refractivity contribution in [3.63, 3.8) is 0 Å². The first-order valence-electron chi connectivity index (χ1n) is 4.49. The van der Waals surface area contributed by atoms with Gasteiger partial charge in [0.15, 0.2) is 5.78 Å². The van der Waals surface area contributed by atoms with Gasteiger partial charge in [0, 0.05) is 0 Å². The molecule has 2 N–H and O–H groups in total. The molecule has 5 nitrogen and oxygen atoms in total. The molecule has 0 saturated carbocycles. The first-order valence-corrected chi connectivity index (χ1v) is 4.49. The van der Waals surface area contributed by atoms with E-state index < -0.39 is 18.2 Å². The van der Waals surface area contributed by atoms with Gasteiger partial charge in [-0.15, -0.1) is 0 Å². The van der Waals surface area contributed by atoms with Gasteiger partial charge in [-0.1, -0.05) is 6.92 Å². The number of hydrogen-bond acceptors (Lipinski definition) is 4. The van der Waals surface area contributed by atoms with Crippen LogP contribution in [0.25, 0.3) is 0 Å². The maximum Gasteiger partial charge on any atom is 0.306 e. The molecule has 2 atom stereocenters. The third-order valence-electron chi connectivity index (χ3n) is 1.77. The fourth-order valence-corrected chi connectivity index (χ4v) is 0.824. The van der Waals surface area contributed by atoms with Gasteiger partial charge in [0.1, 0.15) is 6.10 Å². The number of carboxylic acids is 1. The maximum absolute atomic E-state index is 10.9. The van der Waals surface area contributed by atoms with Crippen LogP contribution in [0.4, 0.5) is 0 Å². The van der Waals surface area contributed by atoms with E-state index in [4.69, 9.17) is 14.9 Å². The number of ketones is 1. The number of aliphatic hydroxyl groups is 1. The SMILES string of the molecule is CCC(O)COC(CC(=O)O)C(C)=O. The smallest absolute Gasteiger partial charge is 0.306 e. The summed E-state index contributed by atoms with van der Waals surface area (Å²) in [7, 11) is 0. The van der Waals surface area contributed by atoms with Crippen molar-refractivity contribution in [1.82, 2.24) is 0 Å². The topological polar surface area (TPSA) is 83.8 Å². The minimum atomic E-state index is -1.09. The highest BCUT2D eigenvalue weighted by Crippen LogP contribution is 2.02. The quantitative estimate of drug-likeness (QED) is 0.619. The van der Waals surface area contributed by atoms with E-state index in [-0.39, 0.29) is 18.8 Å². The van der Waals surface area contributed by atoms with E-state index in [9.17, 15) is 9.59 Å². The van der Waals surface area contributed by atoms with Crippen molar-refractivity contribution in [3.05, 3.63) is 0 Å². The van der Waals surface area contributed by atoms with Crippen molar-refractivity contribution in [2.45, 2.75) is 38.9 Å². The largest absolute Gasteiger partial charge is 0.481 e. The summed E-state index contributed by atoms with van der Waals surface area (Å²) >= 11 is 0. The Morgan fingerprint density at radius 1 is 1.43 bits per heavy atom. The molecule has 0 bridgehead atoms. The van der Waals surface area contributed by atoms with Crippen molar-refractivity contribution in [2.75, 3.05) is 6.61 Å². The minimum absolute atomic E-state index is 0.00593. The number of carbonyl (C=O) groups is 2. The average molecular weight is 204 g/mol. The van der Waals surface area contributed by atoms with Crippen molar-refractivity contribution in [2.24, 2.45) is 0 Å². The van der Waals surface area contributed by atoms with E-state index >= 15 is 0 Å². The molecule has 0 aromatic carbocycles. The van der Waals surface area contributed by atoms with Gasteiger partial charge in [-0.05, 0) is 13.3 Å². The first-order chi connectivity index (χ1) is 6.47. The highest BCUT2D eigenvalue weighted by Gasteiger charge is 2.19. The lowest BCUT2D eigenvalue weighted by molar-refractivity contribution is -0.146. The summed E-state index contributed by atoms with van der Waals surface area (Å²) in [6, 6.07) is 0. The molecule has 0 aliphatic heterocycles. The van der Waals surface area contributed by atoms with Crippen molar-refractivity contribution < 1.29 is 24.5 Å². The highest BCUT2D eigenvalue weighted by atomic mass is 16.5. The van der Waals surface area contributed by atoms with Gasteiger partial charge in [0.2, 0.25) is 0 Å². The molecule has 0 heterocycles. The summed E-state index contributed by atoms with van der Waals surface area (Å²) in [5.41, 5.74) is 0. The predicted molar refractivity (Wildman–Crippen MR) is 49.0 cm³/mol. The maximum atomic E-state index is 10.9. The molecule has 0 aliphatic rings. The number of aliphatic hydroxyl groups excluding tert-OH is 1. The Morgan fingerprint density at radius 2 is 2.00 bits per heavy atom. The van der Waals surface area contributed by atoms with Gasteiger partial charge in [0.05, 0.1) is 19.1 Å². The molecular formula is C9H16O5. The Morgan fingerprint density at radius 3 is 2.36 bits per heavy atom. The van der Waals surface area contributed by atoms with Crippen LogP contribution in [0.3, 0.4) is 0 Å². The molecule has 0 amide bonds. The van der Waals surface area contributed by atoms with Gasteiger partial charge in [-0.2, -0.15) is 0 Å². The van der Waals surface area contributed by atoms with Gasteiger partial charge in [-0.25, -0.2) is 0 Å². The van der Waals surface area contributed by atoms with E-state index in [1.54, 1.807) is 6.92 Å². The monoisotopic (exact) mass is 204 g/mol. The van der Waals surface area contributed by atoms with Gasteiger partial charge in [-0.3, -0.25) is 9.59 Å². The van der Waals surface area contributed by atoms with Crippen LogP contribution in [0.5, 0.6) is 0 Å². The second-order valence-corrected chi connectivity index (χ2v) is 3.09. The van der Waals surface area contributed by atoms with Crippen LogP contribution in [0, 0.1) is 0 Å². The molecule has 5 heteroatoms. The zero-order valence-electron chi connectivity index (χ0n) is 8.40. The van der Waals surface area contributed by atoms with E-state index in [1.807, 2.05) is 0 Å². The molecule has 0 aromatic heterocycles. The van der Waals surface area contributed by atoms with Crippen LogP contribution >= 0.6 is 0 Å². The zero-order chi connectivity index (χ0) is 11.1. The number of rotatable bonds is 7. The number of aliphatic carboxylic acids is 1. The second-order valence-electron chi connectivity index (χ2n) is 3.09. The number of carbonyl (C=O) groups excluding carboxylic acids is 1. The number of hydrogen-bond donors (Lipinski definition) is 2. The van der Waals surface area contributed by atoms with Crippen LogP contribution in [0.1, 0.15) is 26.7 Å². The fourth-order valence-electron chi connectivity index (χ4n) is 0.824. The van der Waals surface area contributed by atoms with Gasteiger partial charge < -0.3 is 14.9 Å². The Hall–Kier alpha value is -0.940. The van der Waals surface area contributed by atoms with Crippen molar-refractivity contribution in [3.8, 4) is 0 Å². The lowest BCUT2D eigenvalue weighted by Gasteiger charge is -2.15. The van der Waals surface area contributed by atoms with E-state index in [1.165, 1.54) is 6.92 Å². The highest BCUT2D eigenvalue weighted by molar-refractivity contribution is 5.84. The Bertz CT molecular complexity index is 201. The van der Waals surface area contributed by atoms with Crippen LogP contribution in [0.15, 0.2) is 0 Å². The van der Waals surface area contributed by atoms with E-state index in [0.717, 1.165) is 0 Å².